The van der Waals surface area contributed by atoms with E-state index in [2.05, 4.69) is 37.4 Å². The van der Waals surface area contributed by atoms with Crippen LogP contribution in [0.2, 0.25) is 0 Å². The van der Waals surface area contributed by atoms with Crippen molar-refractivity contribution in [2.24, 2.45) is 10.9 Å². The van der Waals surface area contributed by atoms with Gasteiger partial charge < -0.3 is 15.5 Å². The summed E-state index contributed by atoms with van der Waals surface area (Å²) in [5, 5.41) is 6.14. The summed E-state index contributed by atoms with van der Waals surface area (Å²) in [6, 6.07) is 3.79. The Morgan fingerprint density at radius 1 is 1.16 bits per heavy atom. The number of urea groups is 1. The molecule has 2 heterocycles. The normalized spacial score (nSPS) is 20.9. The first-order valence-corrected chi connectivity index (χ1v) is 12.9. The topological polar surface area (TPSA) is 103 Å². The molecule has 0 radical (unpaired) electrons. The highest BCUT2D eigenvalue weighted by Gasteiger charge is 2.35. The van der Waals surface area contributed by atoms with Crippen molar-refractivity contribution in [2.45, 2.75) is 57.3 Å². The second kappa shape index (κ2) is 11.6. The van der Waals surface area contributed by atoms with Crippen molar-refractivity contribution >= 4 is 34.4 Å². The minimum atomic E-state index is -4.49. The van der Waals surface area contributed by atoms with E-state index in [1.807, 2.05) is 0 Å². The number of alkyl halides is 3. The number of halogens is 3. The van der Waals surface area contributed by atoms with Crippen molar-refractivity contribution in [2.75, 3.05) is 39.0 Å². The Kier molecular flexibility index (Phi) is 8.49. The number of aliphatic imine (C=N–C) groups is 1. The molecule has 38 heavy (non-hydrogen) atoms. The molecule has 3 amide bonds. The molecule has 9 nitrogen and oxygen atoms in total. The summed E-state index contributed by atoms with van der Waals surface area (Å²) >= 11 is 0. The maximum atomic E-state index is 13.1. The summed E-state index contributed by atoms with van der Waals surface area (Å²) in [6.45, 7) is 3.21. The molecule has 1 aromatic heterocycles. The average Bonchev–Trinajstić information content (AvgIpc) is 2.87. The minimum absolute atomic E-state index is 0.0549. The molecular weight excluding hydrogens is 499 g/mol. The van der Waals surface area contributed by atoms with E-state index >= 15 is 0 Å². The monoisotopic (exact) mass is 533 g/mol. The van der Waals surface area contributed by atoms with Crippen LogP contribution < -0.4 is 10.6 Å². The van der Waals surface area contributed by atoms with Crippen molar-refractivity contribution < 1.29 is 22.8 Å². The molecule has 1 saturated carbocycles. The van der Waals surface area contributed by atoms with Crippen molar-refractivity contribution in [3.05, 3.63) is 30.1 Å². The molecule has 2 aromatic rings. The van der Waals surface area contributed by atoms with E-state index in [9.17, 15) is 22.8 Å². The van der Waals surface area contributed by atoms with Crippen LogP contribution in [-0.2, 0) is 11.0 Å². The van der Waals surface area contributed by atoms with Crippen molar-refractivity contribution in [1.82, 2.24) is 25.1 Å². The highest BCUT2D eigenvalue weighted by Crippen LogP contribution is 2.33. The number of likely N-dealkylation sites (tertiary alicyclic amines) is 1. The van der Waals surface area contributed by atoms with Gasteiger partial charge in [0.05, 0.1) is 17.6 Å². The summed E-state index contributed by atoms with van der Waals surface area (Å²) in [7, 11) is 3.49. The first kappa shape index (κ1) is 27.7. The van der Waals surface area contributed by atoms with Crippen LogP contribution in [0.3, 0.4) is 0 Å². The molecule has 2 aliphatic rings. The van der Waals surface area contributed by atoms with Crippen LogP contribution in [0.1, 0.15) is 44.6 Å². The third-order valence-electron chi connectivity index (χ3n) is 7.41. The Balaban J connectivity index is 1.25. The molecule has 1 aliphatic heterocycles. The van der Waals surface area contributed by atoms with Gasteiger partial charge in [-0.1, -0.05) is 6.92 Å². The number of nitrogens with one attached hydrogen (secondary N) is 2. The molecule has 1 saturated heterocycles. The molecule has 4 rings (SSSR count). The number of carbonyl (C=O) groups is 2. The molecule has 1 aliphatic carbocycles. The number of amides is 3. The van der Waals surface area contributed by atoms with Crippen LogP contribution in [0.4, 0.5) is 23.8 Å². The van der Waals surface area contributed by atoms with Gasteiger partial charge >= 0.3 is 12.2 Å². The maximum absolute atomic E-state index is 13.1. The van der Waals surface area contributed by atoms with Crippen LogP contribution in [-0.4, -0.2) is 83.2 Å². The number of anilines is 1. The van der Waals surface area contributed by atoms with Gasteiger partial charge in [-0.3, -0.25) is 9.69 Å². The largest absolute Gasteiger partial charge is 0.416 e. The standard InChI is InChI=1S/C26H34F3N7O2/c1-4-21(34-25(38)35(2)3)16-5-8-19(9-6-16)36-13-18(14-36)33-23(37)12-30-24-20-11-17(26(27,28)29)7-10-22(20)31-15-32-24/h7,10-11,15-16,19,21H,4-6,8-9,12-14H2,1-3H3,(H,34,38)(H,30,31,32). The molecule has 1 aromatic carbocycles. The molecule has 0 spiro atoms. The van der Waals surface area contributed by atoms with E-state index in [-0.39, 0.29) is 29.8 Å². The second-order valence-corrected chi connectivity index (χ2v) is 10.2. The van der Waals surface area contributed by atoms with Crippen molar-refractivity contribution in [3.8, 4) is 0 Å². The zero-order chi connectivity index (χ0) is 27.4. The Morgan fingerprint density at radius 2 is 1.87 bits per heavy atom. The quantitative estimate of drug-likeness (QED) is 0.559. The fourth-order valence-corrected chi connectivity index (χ4v) is 5.21. The second-order valence-electron chi connectivity index (χ2n) is 10.2. The summed E-state index contributed by atoms with van der Waals surface area (Å²) in [4.78, 5) is 40.6. The smallest absolute Gasteiger partial charge is 0.360 e. The van der Waals surface area contributed by atoms with Crippen LogP contribution in [0.5, 0.6) is 0 Å². The van der Waals surface area contributed by atoms with Gasteiger partial charge in [-0.05, 0) is 56.2 Å². The van der Waals surface area contributed by atoms with Gasteiger partial charge in [0.15, 0.2) is 0 Å². The Morgan fingerprint density at radius 3 is 2.50 bits per heavy atom. The van der Waals surface area contributed by atoms with E-state index in [0.29, 0.717) is 30.6 Å². The van der Waals surface area contributed by atoms with E-state index in [1.165, 1.54) is 12.4 Å². The zero-order valence-electron chi connectivity index (χ0n) is 21.9. The number of hydrogen-bond donors (Lipinski definition) is 2. The third kappa shape index (κ3) is 6.58. The number of carbonyl (C=O) groups excluding carboxylic acids is 2. The Bertz CT molecular complexity index is 1190. The highest BCUT2D eigenvalue weighted by atomic mass is 19.4. The number of fused-ring (bicyclic) bond motifs is 1. The van der Waals surface area contributed by atoms with Crippen LogP contribution in [0.15, 0.2) is 29.5 Å². The highest BCUT2D eigenvalue weighted by molar-refractivity contribution is 6.02. The van der Waals surface area contributed by atoms with Gasteiger partial charge in [-0.2, -0.15) is 13.2 Å². The molecule has 2 fully saturated rings. The van der Waals surface area contributed by atoms with Gasteiger partial charge in [0.1, 0.15) is 12.1 Å². The first-order chi connectivity index (χ1) is 18.0. The van der Waals surface area contributed by atoms with Crippen molar-refractivity contribution in [1.29, 1.82) is 0 Å². The summed E-state index contributed by atoms with van der Waals surface area (Å²) in [5.41, 5.74) is 0.348. The van der Waals surface area contributed by atoms with E-state index < -0.39 is 17.6 Å². The molecule has 206 valence electrons. The molecule has 2 N–H and O–H groups in total. The van der Waals surface area contributed by atoms with Gasteiger partial charge in [0, 0.05) is 50.4 Å². The molecule has 0 bridgehead atoms. The van der Waals surface area contributed by atoms with Crippen LogP contribution in [0.25, 0.3) is 10.9 Å². The summed E-state index contributed by atoms with van der Waals surface area (Å²) < 4.78 is 39.3. The van der Waals surface area contributed by atoms with Crippen LogP contribution >= 0.6 is 0 Å². The predicted molar refractivity (Wildman–Crippen MR) is 139 cm³/mol. The number of nitrogens with zero attached hydrogens (tertiary/aromatic N) is 5. The maximum Gasteiger partial charge on any atom is 0.416 e. The lowest BCUT2D eigenvalue weighted by Gasteiger charge is -2.43. The van der Waals surface area contributed by atoms with Gasteiger partial charge in [-0.15, -0.1) is 0 Å². The SMILES string of the molecule is CCC(NC(=O)N(C)C)C1CCC(N2CC(=NC(=O)CNc3ncnc4ccc(C(F)(F)F)cc34)C2)CC1. The molecule has 1 unspecified atom stereocenters. The first-order valence-electron chi connectivity index (χ1n) is 12.9. The third-order valence-corrected chi connectivity index (χ3v) is 7.41. The number of hydrogen-bond acceptors (Lipinski definition) is 6. The lowest BCUT2D eigenvalue weighted by molar-refractivity contribution is -0.137. The molecule has 12 heteroatoms. The lowest BCUT2D eigenvalue weighted by atomic mass is 9.79. The average molecular weight is 534 g/mol. The van der Waals surface area contributed by atoms with E-state index in [0.717, 1.165) is 49.9 Å². The summed E-state index contributed by atoms with van der Waals surface area (Å²) in [6.07, 6.45) is 1.84. The molecular formula is C26H34F3N7O2. The fourth-order valence-electron chi connectivity index (χ4n) is 5.21. The molecule has 1 atom stereocenters. The zero-order valence-corrected chi connectivity index (χ0v) is 21.9. The Hall–Kier alpha value is -3.28. The van der Waals surface area contributed by atoms with Gasteiger partial charge in [-0.25, -0.2) is 19.8 Å². The minimum Gasteiger partial charge on any atom is -0.360 e. The number of rotatable bonds is 7. The van der Waals surface area contributed by atoms with Crippen LogP contribution in [0, 0.1) is 5.92 Å². The van der Waals surface area contributed by atoms with Gasteiger partial charge in [0.25, 0.3) is 5.91 Å². The predicted octanol–water partition coefficient (Wildman–Crippen LogP) is 3.95. The summed E-state index contributed by atoms with van der Waals surface area (Å²) in [5.74, 6) is 0.227. The van der Waals surface area contributed by atoms with Crippen molar-refractivity contribution in [3.63, 3.8) is 0 Å². The lowest BCUT2D eigenvalue weighted by Crippen LogP contribution is -2.54. The number of aromatic nitrogens is 2. The van der Waals surface area contributed by atoms with Gasteiger partial charge in [0.2, 0.25) is 0 Å². The van der Waals surface area contributed by atoms with E-state index in [4.69, 9.17) is 0 Å². The number of benzene rings is 1. The fraction of sp³-hybridized carbons (Fsp3) is 0.577. The Labute approximate surface area is 219 Å². The van der Waals surface area contributed by atoms with E-state index in [1.54, 1.807) is 19.0 Å².